The topological polar surface area (TPSA) is 62.5 Å². The third kappa shape index (κ3) is 2.18. The minimum Gasteiger partial charge on any atom is -0.480 e. The molecular weight excluding hydrogens is 214 g/mol. The molecule has 1 aliphatic heterocycles. The highest BCUT2D eigenvalue weighted by Crippen LogP contribution is 2.28. The van der Waals surface area contributed by atoms with Crippen LogP contribution in [0.4, 0.5) is 0 Å². The van der Waals surface area contributed by atoms with Gasteiger partial charge >= 0.3 is 5.97 Å². The molecule has 1 aromatic rings. The monoisotopic (exact) mass is 227 g/mol. The van der Waals surface area contributed by atoms with Gasteiger partial charge in [-0.15, -0.1) is 0 Å². The maximum absolute atomic E-state index is 11.2. The Bertz CT molecular complexity index is 330. The zero-order chi connectivity index (χ0) is 10.7. The number of furan rings is 1. The molecule has 2 N–H and O–H groups in total. The van der Waals surface area contributed by atoms with E-state index in [9.17, 15) is 9.90 Å². The van der Waals surface area contributed by atoms with Crippen molar-refractivity contribution in [1.82, 2.24) is 5.32 Å². The quantitative estimate of drug-likeness (QED) is 0.812. The summed E-state index contributed by atoms with van der Waals surface area (Å²) in [6.45, 7) is 0.472. The lowest BCUT2D eigenvalue weighted by atomic mass is 9.99. The van der Waals surface area contributed by atoms with Crippen LogP contribution in [0.3, 0.4) is 0 Å². The standard InChI is InChI=1S/C10H13NO3S/c12-9(13)10(3-5-15-7-10)11-6-8-2-1-4-14-8/h1-2,4,11H,3,5-7H2,(H,12,13). The van der Waals surface area contributed by atoms with Crippen LogP contribution >= 0.6 is 11.8 Å². The second-order valence-electron chi connectivity index (χ2n) is 3.62. The minimum atomic E-state index is -0.766. The van der Waals surface area contributed by atoms with Crippen molar-refractivity contribution >= 4 is 17.7 Å². The van der Waals surface area contributed by atoms with Crippen LogP contribution in [0.2, 0.25) is 0 Å². The molecule has 1 aliphatic rings. The molecule has 0 amide bonds. The Hall–Kier alpha value is -0.940. The second-order valence-corrected chi connectivity index (χ2v) is 4.73. The normalized spacial score (nSPS) is 25.6. The zero-order valence-corrected chi connectivity index (χ0v) is 9.05. The van der Waals surface area contributed by atoms with Crippen LogP contribution in [0.25, 0.3) is 0 Å². The fourth-order valence-electron chi connectivity index (χ4n) is 1.62. The van der Waals surface area contributed by atoms with Gasteiger partial charge in [-0.2, -0.15) is 11.8 Å². The largest absolute Gasteiger partial charge is 0.480 e. The summed E-state index contributed by atoms with van der Waals surface area (Å²) in [5.74, 6) is 1.53. The molecule has 82 valence electrons. The Kier molecular flexibility index (Phi) is 3.02. The lowest BCUT2D eigenvalue weighted by Crippen LogP contribution is -2.51. The van der Waals surface area contributed by atoms with Gasteiger partial charge in [0.15, 0.2) is 0 Å². The number of carboxylic acid groups (broad SMARTS) is 1. The van der Waals surface area contributed by atoms with Gasteiger partial charge in [-0.1, -0.05) is 0 Å². The average molecular weight is 227 g/mol. The molecule has 0 aliphatic carbocycles. The van der Waals surface area contributed by atoms with Crippen LogP contribution in [-0.2, 0) is 11.3 Å². The van der Waals surface area contributed by atoms with Gasteiger partial charge in [0.05, 0.1) is 12.8 Å². The first-order valence-corrected chi connectivity index (χ1v) is 5.97. The van der Waals surface area contributed by atoms with Crippen molar-refractivity contribution < 1.29 is 14.3 Å². The maximum Gasteiger partial charge on any atom is 0.324 e. The Balaban J connectivity index is 1.99. The number of thioether (sulfide) groups is 1. The fraction of sp³-hybridized carbons (Fsp3) is 0.500. The summed E-state index contributed by atoms with van der Waals surface area (Å²) in [6, 6.07) is 3.64. The Morgan fingerprint density at radius 2 is 2.60 bits per heavy atom. The lowest BCUT2D eigenvalue weighted by Gasteiger charge is -2.23. The molecule has 2 heterocycles. The van der Waals surface area contributed by atoms with Crippen molar-refractivity contribution in [1.29, 1.82) is 0 Å². The first-order chi connectivity index (χ1) is 7.23. The van der Waals surface area contributed by atoms with Gasteiger partial charge in [0.2, 0.25) is 0 Å². The van der Waals surface area contributed by atoms with E-state index in [-0.39, 0.29) is 0 Å². The van der Waals surface area contributed by atoms with Crippen LogP contribution < -0.4 is 5.32 Å². The molecule has 0 aromatic carbocycles. The number of carbonyl (C=O) groups is 1. The van der Waals surface area contributed by atoms with Gasteiger partial charge in [-0.3, -0.25) is 10.1 Å². The van der Waals surface area contributed by atoms with E-state index in [1.807, 2.05) is 6.07 Å². The highest BCUT2D eigenvalue weighted by molar-refractivity contribution is 7.99. The van der Waals surface area contributed by atoms with E-state index in [2.05, 4.69) is 5.32 Å². The van der Waals surface area contributed by atoms with Crippen LogP contribution in [0.5, 0.6) is 0 Å². The van der Waals surface area contributed by atoms with Crippen LogP contribution in [0.1, 0.15) is 12.2 Å². The van der Waals surface area contributed by atoms with Gasteiger partial charge in [-0.25, -0.2) is 0 Å². The number of rotatable bonds is 4. The Morgan fingerprint density at radius 3 is 3.13 bits per heavy atom. The highest BCUT2D eigenvalue weighted by atomic mass is 32.2. The summed E-state index contributed by atoms with van der Waals surface area (Å²) in [6.07, 6.45) is 2.27. The lowest BCUT2D eigenvalue weighted by molar-refractivity contribution is -0.143. The smallest absolute Gasteiger partial charge is 0.324 e. The van der Waals surface area contributed by atoms with E-state index in [1.165, 1.54) is 0 Å². The molecule has 15 heavy (non-hydrogen) atoms. The summed E-state index contributed by atoms with van der Waals surface area (Å²) in [5, 5.41) is 12.3. The van der Waals surface area contributed by atoms with Gasteiger partial charge < -0.3 is 9.52 Å². The summed E-state index contributed by atoms with van der Waals surface area (Å²) >= 11 is 1.67. The van der Waals surface area contributed by atoms with Crippen molar-refractivity contribution in [2.75, 3.05) is 11.5 Å². The van der Waals surface area contributed by atoms with Crippen molar-refractivity contribution in [3.8, 4) is 0 Å². The highest BCUT2D eigenvalue weighted by Gasteiger charge is 2.41. The minimum absolute atomic E-state index is 0.472. The third-order valence-corrected chi connectivity index (χ3v) is 3.80. The molecule has 1 saturated heterocycles. The Labute approximate surface area is 92.0 Å². The number of nitrogens with one attached hydrogen (secondary N) is 1. The number of aliphatic carboxylic acids is 1. The molecule has 1 unspecified atom stereocenters. The molecule has 1 fully saturated rings. The second kappa shape index (κ2) is 4.28. The zero-order valence-electron chi connectivity index (χ0n) is 8.23. The predicted octanol–water partition coefficient (Wildman–Crippen LogP) is 1.33. The van der Waals surface area contributed by atoms with E-state index in [0.29, 0.717) is 18.7 Å². The first kappa shape index (κ1) is 10.6. The summed E-state index contributed by atoms with van der Waals surface area (Å²) < 4.78 is 5.16. The summed E-state index contributed by atoms with van der Waals surface area (Å²) in [4.78, 5) is 11.2. The SMILES string of the molecule is O=C(O)C1(NCc2ccco2)CCSC1. The van der Waals surface area contributed by atoms with Crippen LogP contribution in [-0.4, -0.2) is 28.1 Å². The van der Waals surface area contributed by atoms with E-state index < -0.39 is 11.5 Å². The first-order valence-electron chi connectivity index (χ1n) is 4.81. The number of hydrogen-bond acceptors (Lipinski definition) is 4. The van der Waals surface area contributed by atoms with E-state index in [1.54, 1.807) is 24.1 Å². The van der Waals surface area contributed by atoms with Gasteiger partial charge in [0.1, 0.15) is 11.3 Å². The van der Waals surface area contributed by atoms with Gasteiger partial charge in [0.25, 0.3) is 0 Å². The molecule has 4 nitrogen and oxygen atoms in total. The van der Waals surface area contributed by atoms with E-state index >= 15 is 0 Å². The maximum atomic E-state index is 11.2. The van der Waals surface area contributed by atoms with Gasteiger partial charge in [0, 0.05) is 5.75 Å². The van der Waals surface area contributed by atoms with E-state index in [4.69, 9.17) is 4.42 Å². The molecule has 2 rings (SSSR count). The summed E-state index contributed by atoms with van der Waals surface area (Å²) in [7, 11) is 0. The van der Waals surface area contributed by atoms with Crippen LogP contribution in [0.15, 0.2) is 22.8 Å². The molecular formula is C10H13NO3S. The number of carboxylic acids is 1. The fourth-order valence-corrected chi connectivity index (χ4v) is 2.97. The molecule has 0 bridgehead atoms. The average Bonchev–Trinajstić information content (AvgIpc) is 2.87. The molecule has 0 saturated carbocycles. The molecule has 0 spiro atoms. The summed E-state index contributed by atoms with van der Waals surface area (Å²) in [5.41, 5.74) is -0.766. The van der Waals surface area contributed by atoms with Crippen molar-refractivity contribution in [2.24, 2.45) is 0 Å². The van der Waals surface area contributed by atoms with E-state index in [0.717, 1.165) is 11.5 Å². The molecule has 1 atom stereocenters. The predicted molar refractivity (Wildman–Crippen MR) is 57.9 cm³/mol. The Morgan fingerprint density at radius 1 is 1.73 bits per heavy atom. The van der Waals surface area contributed by atoms with Crippen LogP contribution in [0, 0.1) is 0 Å². The molecule has 1 aromatic heterocycles. The number of hydrogen-bond donors (Lipinski definition) is 2. The molecule has 5 heteroatoms. The third-order valence-electron chi connectivity index (χ3n) is 2.61. The van der Waals surface area contributed by atoms with Crippen molar-refractivity contribution in [2.45, 2.75) is 18.5 Å². The molecule has 0 radical (unpaired) electrons. The van der Waals surface area contributed by atoms with Crippen molar-refractivity contribution in [3.05, 3.63) is 24.2 Å². The van der Waals surface area contributed by atoms with Crippen molar-refractivity contribution in [3.63, 3.8) is 0 Å². The van der Waals surface area contributed by atoms with Gasteiger partial charge in [-0.05, 0) is 24.3 Å².